The average molecular weight is 221 g/mol. The van der Waals surface area contributed by atoms with Gasteiger partial charge in [-0.1, -0.05) is 25.8 Å². The van der Waals surface area contributed by atoms with Gasteiger partial charge in [0, 0.05) is 19.3 Å². The molecule has 4 heteroatoms. The quantitative estimate of drug-likeness (QED) is 0.565. The summed E-state index contributed by atoms with van der Waals surface area (Å²) < 4.78 is 0. The van der Waals surface area contributed by atoms with Crippen LogP contribution < -0.4 is 10.6 Å². The predicted octanol–water partition coefficient (Wildman–Crippen LogP) is 1.95. The van der Waals surface area contributed by atoms with Crippen molar-refractivity contribution in [1.82, 2.24) is 9.97 Å². The topological polar surface area (TPSA) is 49.0 Å². The third-order valence-electron chi connectivity index (χ3n) is 2.38. The normalized spacial score (nSPS) is 10.1. The Hall–Kier alpha value is -1.58. The monoisotopic (exact) mass is 221 g/mol. The highest BCUT2D eigenvalue weighted by atomic mass is 16.1. The Kier molecular flexibility index (Phi) is 5.32. The fourth-order valence-electron chi connectivity index (χ4n) is 1.56. The SMILES string of the molecule is C=CCN(CCCCC)c1ccnc(=O)[nH]1. The highest BCUT2D eigenvalue weighted by Crippen LogP contribution is 2.08. The lowest BCUT2D eigenvalue weighted by atomic mass is 10.2. The molecule has 88 valence electrons. The molecule has 1 heterocycles. The molecule has 0 saturated carbocycles. The number of aromatic amines is 1. The second kappa shape index (κ2) is 6.82. The Bertz CT molecular complexity index is 373. The summed E-state index contributed by atoms with van der Waals surface area (Å²) in [6.07, 6.45) is 6.88. The summed E-state index contributed by atoms with van der Waals surface area (Å²) in [4.78, 5) is 19.6. The van der Waals surface area contributed by atoms with Gasteiger partial charge >= 0.3 is 5.69 Å². The first-order valence-corrected chi connectivity index (χ1v) is 5.69. The number of nitrogens with zero attached hydrogens (tertiary/aromatic N) is 2. The number of nitrogens with one attached hydrogen (secondary N) is 1. The molecule has 0 saturated heterocycles. The van der Waals surface area contributed by atoms with E-state index in [1.165, 1.54) is 19.0 Å². The molecular weight excluding hydrogens is 202 g/mol. The summed E-state index contributed by atoms with van der Waals surface area (Å²) in [6.45, 7) is 7.57. The van der Waals surface area contributed by atoms with Crippen LogP contribution in [0.5, 0.6) is 0 Å². The fourth-order valence-corrected chi connectivity index (χ4v) is 1.56. The smallest absolute Gasteiger partial charge is 0.346 e. The van der Waals surface area contributed by atoms with Gasteiger partial charge in [0.25, 0.3) is 0 Å². The summed E-state index contributed by atoms with van der Waals surface area (Å²) in [6, 6.07) is 1.82. The van der Waals surface area contributed by atoms with E-state index in [2.05, 4.69) is 28.4 Å². The van der Waals surface area contributed by atoms with E-state index in [0.29, 0.717) is 0 Å². The van der Waals surface area contributed by atoms with Crippen molar-refractivity contribution in [2.45, 2.75) is 26.2 Å². The van der Waals surface area contributed by atoms with Gasteiger partial charge in [0.2, 0.25) is 0 Å². The van der Waals surface area contributed by atoms with Crippen LogP contribution in [0.15, 0.2) is 29.7 Å². The zero-order chi connectivity index (χ0) is 11.8. The Morgan fingerprint density at radius 1 is 1.56 bits per heavy atom. The Morgan fingerprint density at radius 3 is 3.00 bits per heavy atom. The third-order valence-corrected chi connectivity index (χ3v) is 2.38. The van der Waals surface area contributed by atoms with E-state index in [1.54, 1.807) is 0 Å². The molecule has 0 aliphatic rings. The number of H-pyrrole nitrogens is 1. The van der Waals surface area contributed by atoms with Crippen molar-refractivity contribution in [2.24, 2.45) is 0 Å². The number of hydrogen-bond donors (Lipinski definition) is 1. The largest absolute Gasteiger partial charge is 0.354 e. The summed E-state index contributed by atoms with van der Waals surface area (Å²) in [5.74, 6) is 0.816. The van der Waals surface area contributed by atoms with Crippen LogP contribution >= 0.6 is 0 Å². The minimum absolute atomic E-state index is 0.304. The number of rotatable bonds is 7. The lowest BCUT2D eigenvalue weighted by molar-refractivity contribution is 0.687. The second-order valence-corrected chi connectivity index (χ2v) is 3.70. The molecule has 1 N–H and O–H groups in total. The van der Waals surface area contributed by atoms with E-state index in [0.717, 1.165) is 25.3 Å². The van der Waals surface area contributed by atoms with E-state index in [4.69, 9.17) is 0 Å². The highest BCUT2D eigenvalue weighted by Gasteiger charge is 2.04. The van der Waals surface area contributed by atoms with Gasteiger partial charge in [0.15, 0.2) is 0 Å². The average Bonchev–Trinajstić information content (AvgIpc) is 2.28. The van der Waals surface area contributed by atoms with E-state index in [-0.39, 0.29) is 5.69 Å². The van der Waals surface area contributed by atoms with Gasteiger partial charge in [0.05, 0.1) is 0 Å². The maximum atomic E-state index is 11.1. The van der Waals surface area contributed by atoms with Crippen LogP contribution in [0.4, 0.5) is 5.82 Å². The molecule has 16 heavy (non-hydrogen) atoms. The highest BCUT2D eigenvalue weighted by molar-refractivity contribution is 5.37. The van der Waals surface area contributed by atoms with Crippen LogP contribution in [-0.2, 0) is 0 Å². The van der Waals surface area contributed by atoms with Crippen LogP contribution in [0.3, 0.4) is 0 Å². The summed E-state index contributed by atoms with van der Waals surface area (Å²) in [5.41, 5.74) is -0.304. The van der Waals surface area contributed by atoms with E-state index >= 15 is 0 Å². The van der Waals surface area contributed by atoms with Crippen LogP contribution in [0.1, 0.15) is 26.2 Å². The van der Waals surface area contributed by atoms with Crippen LogP contribution in [0.25, 0.3) is 0 Å². The molecule has 0 amide bonds. The first kappa shape index (κ1) is 12.5. The first-order chi connectivity index (χ1) is 7.77. The van der Waals surface area contributed by atoms with Crippen LogP contribution in [0, 0.1) is 0 Å². The minimum Gasteiger partial charge on any atom is -0.354 e. The Morgan fingerprint density at radius 2 is 2.38 bits per heavy atom. The first-order valence-electron chi connectivity index (χ1n) is 5.69. The third kappa shape index (κ3) is 3.88. The second-order valence-electron chi connectivity index (χ2n) is 3.70. The molecular formula is C12H19N3O. The van der Waals surface area contributed by atoms with Gasteiger partial charge in [0.1, 0.15) is 5.82 Å². The molecule has 0 unspecified atom stereocenters. The molecule has 0 aliphatic heterocycles. The summed E-state index contributed by atoms with van der Waals surface area (Å²) in [5, 5.41) is 0. The van der Waals surface area contributed by atoms with Crippen molar-refractivity contribution < 1.29 is 0 Å². The van der Waals surface area contributed by atoms with E-state index in [9.17, 15) is 4.79 Å². The molecule has 0 bridgehead atoms. The molecule has 4 nitrogen and oxygen atoms in total. The van der Waals surface area contributed by atoms with Crippen LogP contribution in [-0.4, -0.2) is 23.1 Å². The lowest BCUT2D eigenvalue weighted by Crippen LogP contribution is -2.27. The van der Waals surface area contributed by atoms with Crippen molar-refractivity contribution in [3.63, 3.8) is 0 Å². The fraction of sp³-hybridized carbons (Fsp3) is 0.500. The maximum Gasteiger partial charge on any atom is 0.346 e. The molecule has 1 rings (SSSR count). The number of aromatic nitrogens is 2. The standard InChI is InChI=1S/C12H19N3O/c1-3-5-6-10-15(9-4-2)11-7-8-13-12(16)14-11/h4,7-8H,2-3,5-6,9-10H2,1H3,(H,13,14,16). The van der Waals surface area contributed by atoms with Gasteiger partial charge < -0.3 is 4.90 Å². The maximum absolute atomic E-state index is 11.1. The van der Waals surface area contributed by atoms with Crippen molar-refractivity contribution in [2.75, 3.05) is 18.0 Å². The van der Waals surface area contributed by atoms with E-state index < -0.39 is 0 Å². The van der Waals surface area contributed by atoms with Gasteiger partial charge in [-0.25, -0.2) is 9.78 Å². The molecule has 0 aliphatic carbocycles. The zero-order valence-corrected chi connectivity index (χ0v) is 9.78. The molecule has 1 aromatic heterocycles. The molecule has 0 atom stereocenters. The van der Waals surface area contributed by atoms with Crippen molar-refractivity contribution in [1.29, 1.82) is 0 Å². The molecule has 0 radical (unpaired) electrons. The van der Waals surface area contributed by atoms with Gasteiger partial charge in [-0.3, -0.25) is 4.98 Å². The molecule has 0 fully saturated rings. The molecule has 0 spiro atoms. The number of unbranched alkanes of at least 4 members (excludes halogenated alkanes) is 2. The van der Waals surface area contributed by atoms with Gasteiger partial charge in [-0.15, -0.1) is 6.58 Å². The summed E-state index contributed by atoms with van der Waals surface area (Å²) >= 11 is 0. The summed E-state index contributed by atoms with van der Waals surface area (Å²) in [7, 11) is 0. The minimum atomic E-state index is -0.304. The van der Waals surface area contributed by atoms with Crippen molar-refractivity contribution >= 4 is 5.82 Å². The molecule has 1 aromatic rings. The van der Waals surface area contributed by atoms with Crippen LogP contribution in [0.2, 0.25) is 0 Å². The number of anilines is 1. The van der Waals surface area contributed by atoms with E-state index in [1.807, 2.05) is 12.1 Å². The van der Waals surface area contributed by atoms with Crippen molar-refractivity contribution in [3.05, 3.63) is 35.4 Å². The van der Waals surface area contributed by atoms with Gasteiger partial charge in [-0.2, -0.15) is 0 Å². The molecule has 0 aromatic carbocycles. The number of hydrogen-bond acceptors (Lipinski definition) is 3. The van der Waals surface area contributed by atoms with Crippen molar-refractivity contribution in [3.8, 4) is 0 Å². The Balaban J connectivity index is 2.68. The van der Waals surface area contributed by atoms with Gasteiger partial charge in [-0.05, 0) is 12.5 Å². The Labute approximate surface area is 96.0 Å². The lowest BCUT2D eigenvalue weighted by Gasteiger charge is -2.22. The predicted molar refractivity (Wildman–Crippen MR) is 66.8 cm³/mol. The zero-order valence-electron chi connectivity index (χ0n) is 9.78.